The van der Waals surface area contributed by atoms with Crippen molar-refractivity contribution in [3.8, 4) is 0 Å². The van der Waals surface area contributed by atoms with E-state index in [9.17, 15) is 4.79 Å². The van der Waals surface area contributed by atoms with Gasteiger partial charge in [-0.25, -0.2) is 0 Å². The second kappa shape index (κ2) is 9.14. The quantitative estimate of drug-likeness (QED) is 0.670. The molecule has 0 aliphatic heterocycles. The molecular formula is C22H26N4O. The first-order chi connectivity index (χ1) is 13.1. The summed E-state index contributed by atoms with van der Waals surface area (Å²) in [6.07, 6.45) is 4.59. The first kappa shape index (κ1) is 18.9. The highest BCUT2D eigenvalue weighted by Crippen LogP contribution is 2.08. The molecule has 5 heteroatoms. The molecule has 1 N–H and O–H groups in total. The third-order valence-corrected chi connectivity index (χ3v) is 4.66. The molecule has 1 unspecified atom stereocenters. The van der Waals surface area contributed by atoms with Gasteiger partial charge in [0, 0.05) is 30.5 Å². The third-order valence-electron chi connectivity index (χ3n) is 4.66. The molecule has 0 fully saturated rings. The van der Waals surface area contributed by atoms with Gasteiger partial charge in [0.15, 0.2) is 0 Å². The van der Waals surface area contributed by atoms with Gasteiger partial charge in [-0.15, -0.1) is 0 Å². The molecule has 27 heavy (non-hydrogen) atoms. The van der Waals surface area contributed by atoms with Crippen molar-refractivity contribution in [2.24, 2.45) is 0 Å². The molecule has 0 aliphatic rings. The lowest BCUT2D eigenvalue weighted by atomic mass is 10.0. The van der Waals surface area contributed by atoms with Crippen LogP contribution in [0.5, 0.6) is 0 Å². The van der Waals surface area contributed by atoms with Gasteiger partial charge in [0.1, 0.15) is 0 Å². The molecule has 3 rings (SSSR count). The normalized spacial score (nSPS) is 12.1. The number of rotatable bonds is 8. The van der Waals surface area contributed by atoms with E-state index in [-0.39, 0.29) is 11.9 Å². The van der Waals surface area contributed by atoms with E-state index in [1.54, 1.807) is 6.20 Å². The molecule has 1 amide bonds. The van der Waals surface area contributed by atoms with Crippen molar-refractivity contribution in [1.29, 1.82) is 0 Å². The second-order valence-electron chi connectivity index (χ2n) is 6.92. The Labute approximate surface area is 160 Å². The Morgan fingerprint density at radius 1 is 1.04 bits per heavy atom. The van der Waals surface area contributed by atoms with Crippen molar-refractivity contribution in [2.75, 3.05) is 20.6 Å². The Kier molecular flexibility index (Phi) is 6.39. The Balaban J connectivity index is 1.55. The van der Waals surface area contributed by atoms with Crippen LogP contribution < -0.4 is 5.32 Å². The summed E-state index contributed by atoms with van der Waals surface area (Å²) in [5.41, 5.74) is 3.07. The molecule has 0 saturated carbocycles. The molecule has 0 saturated heterocycles. The van der Waals surface area contributed by atoms with Crippen molar-refractivity contribution in [1.82, 2.24) is 20.0 Å². The molecule has 1 atom stereocenters. The molecule has 140 valence electrons. The predicted octanol–water partition coefficient (Wildman–Crippen LogP) is 2.83. The predicted molar refractivity (Wildman–Crippen MR) is 108 cm³/mol. The van der Waals surface area contributed by atoms with Gasteiger partial charge in [0.05, 0.1) is 6.54 Å². The molecule has 5 nitrogen and oxygen atoms in total. The van der Waals surface area contributed by atoms with Crippen LogP contribution in [-0.4, -0.2) is 47.3 Å². The van der Waals surface area contributed by atoms with Gasteiger partial charge in [0.2, 0.25) is 0 Å². The number of nitrogens with zero attached hydrogens (tertiary/aromatic N) is 3. The number of hydrogen-bond donors (Lipinski definition) is 1. The number of hydrogen-bond acceptors (Lipinski definition) is 3. The highest BCUT2D eigenvalue weighted by Gasteiger charge is 2.14. The number of likely N-dealkylation sites (N-methyl/N-ethyl adjacent to an activating group) is 1. The molecule has 0 aliphatic carbocycles. The number of carbonyl (C=O) groups is 1. The first-order valence-corrected chi connectivity index (χ1v) is 9.17. The smallest absolute Gasteiger partial charge is 0.251 e. The van der Waals surface area contributed by atoms with Crippen LogP contribution in [0.1, 0.15) is 21.5 Å². The van der Waals surface area contributed by atoms with Crippen molar-refractivity contribution in [3.63, 3.8) is 0 Å². The largest absolute Gasteiger partial charge is 0.350 e. The molecule has 0 radical (unpaired) electrons. The lowest BCUT2D eigenvalue weighted by Gasteiger charge is -2.24. The lowest BCUT2D eigenvalue weighted by molar-refractivity contribution is 0.0941. The van der Waals surface area contributed by atoms with E-state index in [1.165, 1.54) is 5.56 Å². The van der Waals surface area contributed by atoms with Crippen molar-refractivity contribution in [2.45, 2.75) is 19.0 Å². The third kappa shape index (κ3) is 5.53. The van der Waals surface area contributed by atoms with E-state index < -0.39 is 0 Å². The minimum absolute atomic E-state index is 0.0412. The summed E-state index contributed by atoms with van der Waals surface area (Å²) in [6, 6.07) is 20.2. The van der Waals surface area contributed by atoms with Gasteiger partial charge in [0.25, 0.3) is 5.91 Å². The topological polar surface area (TPSA) is 50.2 Å². The number of amides is 1. The molecule has 1 heterocycles. The van der Waals surface area contributed by atoms with Crippen molar-refractivity contribution in [3.05, 3.63) is 89.7 Å². The number of carbonyl (C=O) groups excluding carboxylic acids is 1. The lowest BCUT2D eigenvalue weighted by Crippen LogP contribution is -2.41. The van der Waals surface area contributed by atoms with Crippen LogP contribution in [-0.2, 0) is 13.0 Å². The molecular weight excluding hydrogens is 336 g/mol. The van der Waals surface area contributed by atoms with Gasteiger partial charge in [-0.2, -0.15) is 5.10 Å². The summed E-state index contributed by atoms with van der Waals surface area (Å²) in [6.45, 7) is 1.31. The summed E-state index contributed by atoms with van der Waals surface area (Å²) < 4.78 is 1.86. The van der Waals surface area contributed by atoms with Crippen LogP contribution in [0.3, 0.4) is 0 Å². The van der Waals surface area contributed by atoms with E-state index in [2.05, 4.69) is 27.4 Å². The van der Waals surface area contributed by atoms with E-state index in [4.69, 9.17) is 0 Å². The number of benzene rings is 2. The van der Waals surface area contributed by atoms with Crippen LogP contribution in [0.4, 0.5) is 0 Å². The van der Waals surface area contributed by atoms with Gasteiger partial charge >= 0.3 is 0 Å². The zero-order chi connectivity index (χ0) is 19.1. The fourth-order valence-corrected chi connectivity index (χ4v) is 2.98. The number of aromatic nitrogens is 2. The summed E-state index contributed by atoms with van der Waals surface area (Å²) in [5.74, 6) is -0.0412. The standard InChI is InChI=1S/C22H26N4O/c1-25(2)21(15-18-7-4-3-5-8-18)16-23-22(27)20-11-9-19(10-12-20)17-26-14-6-13-24-26/h3-14,21H,15-17H2,1-2H3,(H,23,27). The Bertz CT molecular complexity index is 827. The molecule has 0 spiro atoms. The molecule has 1 aromatic heterocycles. The first-order valence-electron chi connectivity index (χ1n) is 9.17. The SMILES string of the molecule is CN(C)C(CNC(=O)c1ccc(Cn2cccn2)cc1)Cc1ccccc1. The highest BCUT2D eigenvalue weighted by molar-refractivity contribution is 5.94. The summed E-state index contributed by atoms with van der Waals surface area (Å²) >= 11 is 0. The zero-order valence-corrected chi connectivity index (χ0v) is 15.9. The van der Waals surface area contributed by atoms with E-state index in [0.717, 1.165) is 12.0 Å². The molecule has 0 bridgehead atoms. The maximum Gasteiger partial charge on any atom is 0.251 e. The van der Waals surface area contributed by atoms with E-state index in [1.807, 2.05) is 73.5 Å². The Morgan fingerprint density at radius 3 is 2.41 bits per heavy atom. The average Bonchev–Trinajstić information content (AvgIpc) is 3.19. The fraction of sp³-hybridized carbons (Fsp3) is 0.273. The van der Waals surface area contributed by atoms with Crippen molar-refractivity contribution < 1.29 is 4.79 Å². The van der Waals surface area contributed by atoms with Crippen molar-refractivity contribution >= 4 is 5.91 Å². The highest BCUT2D eigenvalue weighted by atomic mass is 16.1. The van der Waals surface area contributed by atoms with Crippen LogP contribution in [0.2, 0.25) is 0 Å². The number of nitrogens with one attached hydrogen (secondary N) is 1. The van der Waals surface area contributed by atoms with Crippen LogP contribution in [0, 0.1) is 0 Å². The summed E-state index contributed by atoms with van der Waals surface area (Å²) in [7, 11) is 4.09. The minimum Gasteiger partial charge on any atom is -0.350 e. The van der Waals surface area contributed by atoms with Gasteiger partial charge in [-0.05, 0) is 49.8 Å². The van der Waals surface area contributed by atoms with E-state index >= 15 is 0 Å². The fourth-order valence-electron chi connectivity index (χ4n) is 2.98. The van der Waals surface area contributed by atoms with Crippen LogP contribution in [0.25, 0.3) is 0 Å². The van der Waals surface area contributed by atoms with Gasteiger partial charge in [-0.1, -0.05) is 42.5 Å². The van der Waals surface area contributed by atoms with Gasteiger partial charge < -0.3 is 10.2 Å². The maximum absolute atomic E-state index is 12.5. The molecule has 3 aromatic rings. The maximum atomic E-state index is 12.5. The zero-order valence-electron chi connectivity index (χ0n) is 15.9. The Morgan fingerprint density at radius 2 is 1.78 bits per heavy atom. The van der Waals surface area contributed by atoms with Gasteiger partial charge in [-0.3, -0.25) is 9.48 Å². The summed E-state index contributed by atoms with van der Waals surface area (Å²) in [5, 5.41) is 7.27. The monoisotopic (exact) mass is 362 g/mol. The minimum atomic E-state index is -0.0412. The second-order valence-corrected chi connectivity index (χ2v) is 6.92. The molecule has 2 aromatic carbocycles. The van der Waals surface area contributed by atoms with E-state index in [0.29, 0.717) is 18.7 Å². The Hall–Kier alpha value is -2.92. The summed E-state index contributed by atoms with van der Waals surface area (Å²) in [4.78, 5) is 14.7. The van der Waals surface area contributed by atoms with Crippen LogP contribution >= 0.6 is 0 Å². The average molecular weight is 362 g/mol. The van der Waals surface area contributed by atoms with Crippen LogP contribution in [0.15, 0.2) is 73.1 Å².